The van der Waals surface area contributed by atoms with Crippen LogP contribution in [-0.4, -0.2) is 16.3 Å². The summed E-state index contributed by atoms with van der Waals surface area (Å²) in [5.74, 6) is 2.51. The van der Waals surface area contributed by atoms with Crippen LogP contribution < -0.4 is 0 Å². The highest BCUT2D eigenvalue weighted by atomic mass is 79.9. The number of hydrogen-bond donors (Lipinski definition) is 0. The average Bonchev–Trinajstić information content (AvgIpc) is 2.60. The monoisotopic (exact) mass is 308 g/mol. The summed E-state index contributed by atoms with van der Waals surface area (Å²) in [7, 11) is 0. The van der Waals surface area contributed by atoms with E-state index in [1.807, 2.05) is 17.8 Å². The summed E-state index contributed by atoms with van der Waals surface area (Å²) in [4.78, 5) is 0.529. The third-order valence-electron chi connectivity index (χ3n) is 2.63. The van der Waals surface area contributed by atoms with Gasteiger partial charge in [-0.15, -0.1) is 0 Å². The van der Waals surface area contributed by atoms with E-state index < -0.39 is 0 Å². The van der Waals surface area contributed by atoms with E-state index in [2.05, 4.69) is 15.9 Å². The Morgan fingerprint density at radius 2 is 2.27 bits per heavy atom. The summed E-state index contributed by atoms with van der Waals surface area (Å²) in [5, 5.41) is 0.286. The Bertz CT molecular complexity index is 358. The number of hydrogen-bond acceptors (Lipinski definition) is 1. The van der Waals surface area contributed by atoms with Crippen LogP contribution in [0.2, 0.25) is 5.02 Å². The quantitative estimate of drug-likeness (QED) is 0.740. The standard InChI is InChI=1S/C11H11BrClFS/c12-9-6-15-5-8(9)4-7-2-1-3-10(14)11(7)13/h1-3,8-9H,4-6H2. The average molecular weight is 310 g/mol. The summed E-state index contributed by atoms with van der Waals surface area (Å²) in [6, 6.07) is 5.04. The van der Waals surface area contributed by atoms with Crippen LogP contribution in [0.1, 0.15) is 5.56 Å². The Morgan fingerprint density at radius 3 is 2.93 bits per heavy atom. The molecule has 1 heterocycles. The van der Waals surface area contributed by atoms with E-state index in [0.717, 1.165) is 23.5 Å². The van der Waals surface area contributed by atoms with Gasteiger partial charge in [-0.3, -0.25) is 0 Å². The Labute approximate surface area is 107 Å². The first-order chi connectivity index (χ1) is 7.18. The summed E-state index contributed by atoms with van der Waals surface area (Å²) in [6.45, 7) is 0. The van der Waals surface area contributed by atoms with Crippen LogP contribution in [0.15, 0.2) is 18.2 Å². The van der Waals surface area contributed by atoms with Crippen molar-refractivity contribution in [3.63, 3.8) is 0 Å². The molecule has 0 N–H and O–H groups in total. The lowest BCUT2D eigenvalue weighted by Gasteiger charge is -2.13. The van der Waals surface area contributed by atoms with Crippen molar-refractivity contribution in [1.82, 2.24) is 0 Å². The van der Waals surface area contributed by atoms with Crippen LogP contribution >= 0.6 is 39.3 Å². The van der Waals surface area contributed by atoms with Gasteiger partial charge in [0.1, 0.15) is 5.82 Å². The second-order valence-corrected chi connectivity index (χ2v) is 6.36. The van der Waals surface area contributed by atoms with E-state index in [-0.39, 0.29) is 10.8 Å². The summed E-state index contributed by atoms with van der Waals surface area (Å²) < 4.78 is 13.2. The highest BCUT2D eigenvalue weighted by Crippen LogP contribution is 2.34. The molecule has 0 spiro atoms. The molecule has 1 aromatic carbocycles. The van der Waals surface area contributed by atoms with Crippen molar-refractivity contribution in [3.8, 4) is 0 Å². The van der Waals surface area contributed by atoms with Gasteiger partial charge in [0.15, 0.2) is 0 Å². The largest absolute Gasteiger partial charge is 0.205 e. The SMILES string of the molecule is Fc1cccc(CC2CSCC2Br)c1Cl. The van der Waals surface area contributed by atoms with Gasteiger partial charge in [-0.2, -0.15) is 11.8 Å². The lowest BCUT2D eigenvalue weighted by Crippen LogP contribution is -2.14. The first-order valence-corrected chi connectivity index (χ1v) is 7.28. The summed E-state index contributed by atoms with van der Waals surface area (Å²) in [6.07, 6.45) is 0.861. The third-order valence-corrected chi connectivity index (χ3v) is 5.82. The number of halogens is 3. The molecule has 1 fully saturated rings. The van der Waals surface area contributed by atoms with Gasteiger partial charge < -0.3 is 0 Å². The molecule has 0 bridgehead atoms. The molecule has 0 aromatic heterocycles. The molecule has 82 valence electrons. The predicted molar refractivity (Wildman–Crippen MR) is 68.6 cm³/mol. The molecule has 2 rings (SSSR count). The molecular weight excluding hydrogens is 299 g/mol. The van der Waals surface area contributed by atoms with E-state index in [1.165, 1.54) is 6.07 Å². The van der Waals surface area contributed by atoms with Crippen LogP contribution in [-0.2, 0) is 6.42 Å². The van der Waals surface area contributed by atoms with E-state index in [0.29, 0.717) is 10.7 Å². The van der Waals surface area contributed by atoms with E-state index in [4.69, 9.17) is 11.6 Å². The highest BCUT2D eigenvalue weighted by molar-refractivity contribution is 9.09. The Balaban J connectivity index is 2.13. The summed E-state index contributed by atoms with van der Waals surface area (Å²) in [5.41, 5.74) is 0.925. The van der Waals surface area contributed by atoms with Crippen molar-refractivity contribution >= 4 is 39.3 Å². The maximum absolute atomic E-state index is 13.2. The molecule has 0 radical (unpaired) electrons. The zero-order chi connectivity index (χ0) is 10.8. The van der Waals surface area contributed by atoms with E-state index >= 15 is 0 Å². The second-order valence-electron chi connectivity index (χ2n) is 3.73. The van der Waals surface area contributed by atoms with Gasteiger partial charge in [0.2, 0.25) is 0 Å². The maximum Gasteiger partial charge on any atom is 0.142 e. The molecule has 0 amide bonds. The third kappa shape index (κ3) is 2.69. The minimum Gasteiger partial charge on any atom is -0.205 e. The minimum absolute atomic E-state index is 0.286. The van der Waals surface area contributed by atoms with Gasteiger partial charge in [0.05, 0.1) is 5.02 Å². The second kappa shape index (κ2) is 5.07. The fourth-order valence-corrected chi connectivity index (χ4v) is 4.42. The molecule has 15 heavy (non-hydrogen) atoms. The normalized spacial score (nSPS) is 25.8. The molecule has 2 atom stereocenters. The highest BCUT2D eigenvalue weighted by Gasteiger charge is 2.26. The Hall–Kier alpha value is 0.270. The van der Waals surface area contributed by atoms with Crippen LogP contribution in [0.5, 0.6) is 0 Å². The van der Waals surface area contributed by atoms with Gasteiger partial charge in [-0.1, -0.05) is 39.7 Å². The summed E-state index contributed by atoms with van der Waals surface area (Å²) >= 11 is 11.5. The fourth-order valence-electron chi connectivity index (χ4n) is 1.75. The minimum atomic E-state index is -0.314. The molecule has 4 heteroatoms. The maximum atomic E-state index is 13.2. The fraction of sp³-hybridized carbons (Fsp3) is 0.455. The van der Waals surface area contributed by atoms with Crippen molar-refractivity contribution in [1.29, 1.82) is 0 Å². The van der Waals surface area contributed by atoms with E-state index in [9.17, 15) is 4.39 Å². The Kier molecular flexibility index (Phi) is 3.97. The van der Waals surface area contributed by atoms with Crippen molar-refractivity contribution in [2.75, 3.05) is 11.5 Å². The number of benzene rings is 1. The van der Waals surface area contributed by atoms with Crippen LogP contribution in [0, 0.1) is 11.7 Å². The molecular formula is C11H11BrClFS. The zero-order valence-corrected chi connectivity index (χ0v) is 11.2. The molecule has 1 saturated heterocycles. The molecule has 1 aliphatic rings. The van der Waals surface area contributed by atoms with Crippen LogP contribution in [0.3, 0.4) is 0 Å². The number of thioether (sulfide) groups is 1. The van der Waals surface area contributed by atoms with Gasteiger partial charge in [0.25, 0.3) is 0 Å². The first kappa shape index (κ1) is 11.7. The van der Waals surface area contributed by atoms with Gasteiger partial charge in [-0.05, 0) is 29.7 Å². The van der Waals surface area contributed by atoms with Crippen molar-refractivity contribution in [2.45, 2.75) is 11.2 Å². The predicted octanol–water partition coefficient (Wildman–Crippen LogP) is 4.15. The Morgan fingerprint density at radius 1 is 1.47 bits per heavy atom. The van der Waals surface area contributed by atoms with Gasteiger partial charge >= 0.3 is 0 Å². The zero-order valence-electron chi connectivity index (χ0n) is 8.05. The van der Waals surface area contributed by atoms with Gasteiger partial charge in [0, 0.05) is 10.6 Å². The van der Waals surface area contributed by atoms with Crippen LogP contribution in [0.4, 0.5) is 4.39 Å². The molecule has 0 saturated carbocycles. The smallest absolute Gasteiger partial charge is 0.142 e. The molecule has 2 unspecified atom stereocenters. The number of rotatable bonds is 2. The molecule has 1 aliphatic heterocycles. The van der Waals surface area contributed by atoms with Crippen molar-refractivity contribution in [2.24, 2.45) is 5.92 Å². The molecule has 0 aliphatic carbocycles. The number of alkyl halides is 1. The van der Waals surface area contributed by atoms with E-state index in [1.54, 1.807) is 6.07 Å². The topological polar surface area (TPSA) is 0 Å². The lowest BCUT2D eigenvalue weighted by atomic mass is 9.99. The first-order valence-electron chi connectivity index (χ1n) is 4.83. The van der Waals surface area contributed by atoms with Crippen LogP contribution in [0.25, 0.3) is 0 Å². The lowest BCUT2D eigenvalue weighted by molar-refractivity contribution is 0.600. The van der Waals surface area contributed by atoms with Crippen molar-refractivity contribution in [3.05, 3.63) is 34.6 Å². The molecule has 1 aromatic rings. The van der Waals surface area contributed by atoms with Crippen molar-refractivity contribution < 1.29 is 4.39 Å². The van der Waals surface area contributed by atoms with Gasteiger partial charge in [-0.25, -0.2) is 4.39 Å². The molecule has 0 nitrogen and oxygen atoms in total.